The van der Waals surface area contributed by atoms with Gasteiger partial charge in [-0.05, 0) is 6.26 Å². The van der Waals surface area contributed by atoms with Crippen LogP contribution in [0.3, 0.4) is 0 Å². The number of nitrogens with zero attached hydrogens (tertiary/aromatic N) is 3. The van der Waals surface area contributed by atoms with E-state index in [9.17, 15) is 0 Å². The van der Waals surface area contributed by atoms with Gasteiger partial charge in [0.2, 0.25) is 5.95 Å². The summed E-state index contributed by atoms with van der Waals surface area (Å²) in [5, 5.41) is 0.846. The van der Waals surface area contributed by atoms with Crippen LogP contribution >= 0.6 is 23.1 Å². The normalized spacial score (nSPS) is 10.8. The van der Waals surface area contributed by atoms with Crippen LogP contribution in [0.2, 0.25) is 0 Å². The average Bonchev–Trinajstić information content (AvgIpc) is 2.50. The number of nitrogens with two attached hydrogens (primary N) is 1. The van der Waals surface area contributed by atoms with E-state index in [0.717, 1.165) is 15.4 Å². The largest absolute Gasteiger partial charge is 0.368 e. The van der Waals surface area contributed by atoms with E-state index in [1.54, 1.807) is 5.51 Å². The number of thioether (sulfide) groups is 1. The Hall–Kier alpha value is -0.880. The van der Waals surface area contributed by atoms with E-state index in [1.165, 1.54) is 23.1 Å². The van der Waals surface area contributed by atoms with Gasteiger partial charge in [0.25, 0.3) is 0 Å². The maximum atomic E-state index is 5.50. The number of rotatable bonds is 1. The molecular formula is C6H6N4S2. The van der Waals surface area contributed by atoms with Crippen molar-refractivity contribution in [2.24, 2.45) is 0 Å². The summed E-state index contributed by atoms with van der Waals surface area (Å²) in [4.78, 5) is 13.1. The van der Waals surface area contributed by atoms with Gasteiger partial charge < -0.3 is 5.73 Å². The molecule has 0 amide bonds. The Morgan fingerprint density at radius 3 is 3.08 bits per heavy atom. The van der Waals surface area contributed by atoms with Crippen molar-refractivity contribution in [1.82, 2.24) is 15.0 Å². The number of thiazole rings is 1. The average molecular weight is 198 g/mol. The van der Waals surface area contributed by atoms with Crippen molar-refractivity contribution in [2.45, 2.75) is 5.03 Å². The monoisotopic (exact) mass is 198 g/mol. The summed E-state index contributed by atoms with van der Waals surface area (Å²) < 4.78 is 0. The van der Waals surface area contributed by atoms with Crippen LogP contribution in [0.25, 0.3) is 10.3 Å². The summed E-state index contributed by atoms with van der Waals surface area (Å²) in [7, 11) is 0. The van der Waals surface area contributed by atoms with E-state index in [2.05, 4.69) is 15.0 Å². The molecule has 12 heavy (non-hydrogen) atoms. The first-order chi connectivity index (χ1) is 5.81. The minimum atomic E-state index is 0.316. The minimum Gasteiger partial charge on any atom is -0.368 e. The van der Waals surface area contributed by atoms with Gasteiger partial charge in [0, 0.05) is 0 Å². The fourth-order valence-electron chi connectivity index (χ4n) is 0.894. The second-order valence-corrected chi connectivity index (χ2v) is 3.73. The van der Waals surface area contributed by atoms with E-state index < -0.39 is 0 Å². The third-order valence-electron chi connectivity index (χ3n) is 1.38. The number of hydrogen-bond acceptors (Lipinski definition) is 6. The number of anilines is 1. The highest BCUT2D eigenvalue weighted by Gasteiger charge is 2.06. The number of hydrogen-bond donors (Lipinski definition) is 1. The molecule has 4 nitrogen and oxygen atoms in total. The lowest BCUT2D eigenvalue weighted by atomic mass is 10.6. The molecule has 0 bridgehead atoms. The molecule has 2 aromatic rings. The van der Waals surface area contributed by atoms with Crippen LogP contribution in [0.1, 0.15) is 0 Å². The van der Waals surface area contributed by atoms with Gasteiger partial charge >= 0.3 is 0 Å². The summed E-state index contributed by atoms with van der Waals surface area (Å²) in [5.41, 5.74) is 8.10. The zero-order chi connectivity index (χ0) is 8.55. The molecule has 2 aromatic heterocycles. The lowest BCUT2D eigenvalue weighted by molar-refractivity contribution is 1.11. The summed E-state index contributed by atoms with van der Waals surface area (Å²) in [6.07, 6.45) is 1.94. The fraction of sp³-hybridized carbons (Fsp3) is 0.167. The first-order valence-corrected chi connectivity index (χ1v) is 5.32. The van der Waals surface area contributed by atoms with Crippen molar-refractivity contribution >= 4 is 39.4 Å². The fourth-order valence-corrected chi connectivity index (χ4v) is 2.15. The van der Waals surface area contributed by atoms with Gasteiger partial charge in [-0.1, -0.05) is 0 Å². The molecule has 0 aromatic carbocycles. The van der Waals surface area contributed by atoms with Gasteiger partial charge in [0.05, 0.1) is 5.51 Å². The van der Waals surface area contributed by atoms with Gasteiger partial charge in [-0.2, -0.15) is 0 Å². The molecule has 2 heterocycles. The Morgan fingerprint density at radius 1 is 1.50 bits per heavy atom. The smallest absolute Gasteiger partial charge is 0.222 e. The summed E-state index contributed by atoms with van der Waals surface area (Å²) in [6.45, 7) is 0. The topological polar surface area (TPSA) is 64.7 Å². The molecule has 2 rings (SSSR count). The predicted molar refractivity (Wildman–Crippen MR) is 51.4 cm³/mol. The quantitative estimate of drug-likeness (QED) is 0.554. The third kappa shape index (κ3) is 1.12. The van der Waals surface area contributed by atoms with Crippen LogP contribution < -0.4 is 5.73 Å². The highest BCUT2D eigenvalue weighted by molar-refractivity contribution is 7.98. The van der Waals surface area contributed by atoms with Gasteiger partial charge in [0.15, 0.2) is 0 Å². The van der Waals surface area contributed by atoms with E-state index in [4.69, 9.17) is 5.73 Å². The summed E-state index contributed by atoms with van der Waals surface area (Å²) in [6, 6.07) is 0. The Labute approximate surface area is 77.2 Å². The zero-order valence-corrected chi connectivity index (χ0v) is 7.95. The van der Waals surface area contributed by atoms with Crippen LogP contribution in [-0.2, 0) is 0 Å². The summed E-state index contributed by atoms with van der Waals surface area (Å²) in [5.74, 6) is 0.316. The van der Waals surface area contributed by atoms with Crippen molar-refractivity contribution in [3.63, 3.8) is 0 Å². The third-order valence-corrected chi connectivity index (χ3v) is 2.77. The van der Waals surface area contributed by atoms with Crippen LogP contribution in [-0.4, -0.2) is 21.2 Å². The molecule has 0 atom stereocenters. The first kappa shape index (κ1) is 7.75. The van der Waals surface area contributed by atoms with E-state index in [1.807, 2.05) is 6.26 Å². The molecular weight excluding hydrogens is 192 g/mol. The van der Waals surface area contributed by atoms with Gasteiger partial charge in [-0.3, -0.25) is 0 Å². The lowest BCUT2D eigenvalue weighted by Crippen LogP contribution is -1.95. The standard InChI is InChI=1S/C6H6N4S2/c1-11-4-3-5(12-2-8-3)10-6(7)9-4/h2H,1H3,(H2,7,9,10). The van der Waals surface area contributed by atoms with Crippen LogP contribution in [0, 0.1) is 0 Å². The Balaban J connectivity index is 2.80. The van der Waals surface area contributed by atoms with Crippen molar-refractivity contribution in [3.8, 4) is 0 Å². The van der Waals surface area contributed by atoms with Crippen LogP contribution in [0.15, 0.2) is 10.5 Å². The number of aromatic nitrogens is 3. The number of nitrogen functional groups attached to an aromatic ring is 1. The maximum absolute atomic E-state index is 5.50. The van der Waals surface area contributed by atoms with Crippen LogP contribution in [0.5, 0.6) is 0 Å². The molecule has 0 aliphatic heterocycles. The molecule has 0 unspecified atom stereocenters. The van der Waals surface area contributed by atoms with Crippen molar-refractivity contribution in [2.75, 3.05) is 12.0 Å². The Morgan fingerprint density at radius 2 is 2.33 bits per heavy atom. The number of fused-ring (bicyclic) bond motifs is 1. The van der Waals surface area contributed by atoms with E-state index >= 15 is 0 Å². The predicted octanol–water partition coefficient (Wildman–Crippen LogP) is 1.39. The van der Waals surface area contributed by atoms with Crippen molar-refractivity contribution in [3.05, 3.63) is 5.51 Å². The lowest BCUT2D eigenvalue weighted by Gasteiger charge is -1.96. The second-order valence-electron chi connectivity index (χ2n) is 2.10. The molecule has 0 aliphatic carbocycles. The van der Waals surface area contributed by atoms with Crippen LogP contribution in [0.4, 0.5) is 5.95 Å². The van der Waals surface area contributed by atoms with Gasteiger partial charge in [0.1, 0.15) is 15.4 Å². The zero-order valence-electron chi connectivity index (χ0n) is 6.31. The molecule has 0 spiro atoms. The van der Waals surface area contributed by atoms with Gasteiger partial charge in [-0.25, -0.2) is 15.0 Å². The second kappa shape index (κ2) is 2.87. The Kier molecular flexibility index (Phi) is 1.86. The molecule has 0 radical (unpaired) electrons. The van der Waals surface area contributed by atoms with Crippen molar-refractivity contribution < 1.29 is 0 Å². The van der Waals surface area contributed by atoms with Crippen molar-refractivity contribution in [1.29, 1.82) is 0 Å². The molecule has 62 valence electrons. The molecule has 0 saturated heterocycles. The van der Waals surface area contributed by atoms with Gasteiger partial charge in [-0.15, -0.1) is 23.1 Å². The molecule has 0 saturated carbocycles. The molecule has 6 heteroatoms. The highest BCUT2D eigenvalue weighted by atomic mass is 32.2. The minimum absolute atomic E-state index is 0.316. The molecule has 2 N–H and O–H groups in total. The SMILES string of the molecule is CSc1nc(N)nc2scnc12. The first-order valence-electron chi connectivity index (χ1n) is 3.22. The highest BCUT2D eigenvalue weighted by Crippen LogP contribution is 2.24. The van der Waals surface area contributed by atoms with E-state index in [-0.39, 0.29) is 0 Å². The molecule has 0 aliphatic rings. The Bertz CT molecular complexity index is 411. The van der Waals surface area contributed by atoms with E-state index in [0.29, 0.717) is 5.95 Å². The molecule has 0 fully saturated rings. The maximum Gasteiger partial charge on any atom is 0.222 e. The summed E-state index contributed by atoms with van der Waals surface area (Å²) >= 11 is 3.01.